The topological polar surface area (TPSA) is 87.3 Å². The lowest BCUT2D eigenvalue weighted by molar-refractivity contribution is 0.0997. The van der Waals surface area contributed by atoms with E-state index in [1.54, 1.807) is 12.1 Å². The fraction of sp³-hybridized carbons (Fsp3) is 0.150. The van der Waals surface area contributed by atoms with E-state index in [0.717, 1.165) is 6.07 Å². The highest BCUT2D eigenvalue weighted by molar-refractivity contribution is 5.95. The molecule has 3 rings (SSSR count). The van der Waals surface area contributed by atoms with Gasteiger partial charge in [-0.1, -0.05) is 0 Å². The lowest BCUT2D eigenvalue weighted by Gasteiger charge is -2.11. The summed E-state index contributed by atoms with van der Waals surface area (Å²) in [6.07, 6.45) is 1.42. The maximum atomic E-state index is 14.4. The monoisotopic (exact) mass is 385 g/mol. The first kappa shape index (κ1) is 19.2. The minimum atomic E-state index is -0.725. The lowest BCUT2D eigenvalue weighted by atomic mass is 10.0. The summed E-state index contributed by atoms with van der Waals surface area (Å²) in [4.78, 5) is 19.9. The highest BCUT2D eigenvalue weighted by Crippen LogP contribution is 2.30. The molecule has 1 amide bonds. The standard InChI is InChI=1S/C20H17F2N3O3/c1-27-18-7-12(21)3-4-14(18)17-8-13(24-10-25-17)5-11-6-15(20(23)26)19(28-2)9-16(11)22/h3-4,6-10H,5H2,1-2H3,(H2,23,26). The lowest BCUT2D eigenvalue weighted by Crippen LogP contribution is -2.14. The summed E-state index contributed by atoms with van der Waals surface area (Å²) >= 11 is 0. The van der Waals surface area contributed by atoms with Gasteiger partial charge >= 0.3 is 0 Å². The van der Waals surface area contributed by atoms with Gasteiger partial charge in [-0.3, -0.25) is 4.79 Å². The van der Waals surface area contributed by atoms with Gasteiger partial charge in [-0.25, -0.2) is 18.7 Å². The van der Waals surface area contributed by atoms with E-state index in [9.17, 15) is 13.6 Å². The number of carbonyl (C=O) groups excluding carboxylic acids is 1. The molecule has 144 valence electrons. The first-order valence-electron chi connectivity index (χ1n) is 8.24. The van der Waals surface area contributed by atoms with Crippen LogP contribution in [0, 0.1) is 11.6 Å². The zero-order chi connectivity index (χ0) is 20.3. The summed E-state index contributed by atoms with van der Waals surface area (Å²) in [6.45, 7) is 0. The molecule has 0 saturated carbocycles. The van der Waals surface area contributed by atoms with Gasteiger partial charge in [0.15, 0.2) is 0 Å². The summed E-state index contributed by atoms with van der Waals surface area (Å²) in [5.74, 6) is -1.34. The molecule has 0 fully saturated rings. The van der Waals surface area contributed by atoms with Crippen LogP contribution in [0.4, 0.5) is 8.78 Å². The fourth-order valence-corrected chi connectivity index (χ4v) is 2.81. The summed E-state index contributed by atoms with van der Waals surface area (Å²) in [5, 5.41) is 0. The van der Waals surface area contributed by atoms with Crippen molar-refractivity contribution in [1.29, 1.82) is 0 Å². The Morgan fingerprint density at radius 2 is 1.79 bits per heavy atom. The molecule has 0 aliphatic rings. The predicted molar refractivity (Wildman–Crippen MR) is 98.3 cm³/mol. The number of rotatable bonds is 6. The number of hydrogen-bond acceptors (Lipinski definition) is 5. The molecule has 3 aromatic rings. The smallest absolute Gasteiger partial charge is 0.252 e. The summed E-state index contributed by atoms with van der Waals surface area (Å²) in [5.41, 5.74) is 7.20. The molecule has 0 atom stereocenters. The molecule has 0 radical (unpaired) electrons. The maximum Gasteiger partial charge on any atom is 0.252 e. The Hall–Kier alpha value is -3.55. The number of nitrogens with zero attached hydrogens (tertiary/aromatic N) is 2. The highest BCUT2D eigenvalue weighted by atomic mass is 19.1. The van der Waals surface area contributed by atoms with Crippen LogP contribution in [0.3, 0.4) is 0 Å². The molecule has 0 saturated heterocycles. The molecule has 0 aliphatic heterocycles. The van der Waals surface area contributed by atoms with Crippen molar-refractivity contribution in [3.8, 4) is 22.8 Å². The van der Waals surface area contributed by atoms with Crippen LogP contribution in [-0.4, -0.2) is 30.1 Å². The molecule has 0 bridgehead atoms. The van der Waals surface area contributed by atoms with E-state index < -0.39 is 17.5 Å². The largest absolute Gasteiger partial charge is 0.496 e. The molecule has 8 heteroatoms. The second-order valence-electron chi connectivity index (χ2n) is 5.92. The van der Waals surface area contributed by atoms with Crippen LogP contribution >= 0.6 is 0 Å². The van der Waals surface area contributed by atoms with Crippen LogP contribution in [0.25, 0.3) is 11.3 Å². The maximum absolute atomic E-state index is 14.4. The van der Waals surface area contributed by atoms with E-state index in [0.29, 0.717) is 22.7 Å². The van der Waals surface area contributed by atoms with E-state index in [2.05, 4.69) is 9.97 Å². The van der Waals surface area contributed by atoms with Gasteiger partial charge in [-0.2, -0.15) is 0 Å². The van der Waals surface area contributed by atoms with Gasteiger partial charge in [0.05, 0.1) is 25.5 Å². The molecule has 6 nitrogen and oxygen atoms in total. The molecular formula is C20H17F2N3O3. The van der Waals surface area contributed by atoms with Gasteiger partial charge in [-0.05, 0) is 29.8 Å². The molecule has 2 N–H and O–H groups in total. The van der Waals surface area contributed by atoms with Crippen LogP contribution in [0.1, 0.15) is 21.6 Å². The van der Waals surface area contributed by atoms with Gasteiger partial charge in [0.25, 0.3) is 5.91 Å². The van der Waals surface area contributed by atoms with E-state index in [4.69, 9.17) is 15.2 Å². The van der Waals surface area contributed by atoms with Gasteiger partial charge in [0.2, 0.25) is 0 Å². The number of ether oxygens (including phenoxy) is 2. The van der Waals surface area contributed by atoms with Crippen LogP contribution < -0.4 is 15.2 Å². The van der Waals surface area contributed by atoms with Crippen molar-refractivity contribution in [2.24, 2.45) is 5.73 Å². The van der Waals surface area contributed by atoms with Crippen LogP contribution in [-0.2, 0) is 6.42 Å². The third-order valence-electron chi connectivity index (χ3n) is 4.17. The molecule has 1 aromatic heterocycles. The first-order valence-corrected chi connectivity index (χ1v) is 8.24. The highest BCUT2D eigenvalue weighted by Gasteiger charge is 2.16. The van der Waals surface area contributed by atoms with Crippen molar-refractivity contribution in [3.63, 3.8) is 0 Å². The molecule has 0 spiro atoms. The van der Waals surface area contributed by atoms with Crippen molar-refractivity contribution in [2.45, 2.75) is 6.42 Å². The number of nitrogens with two attached hydrogens (primary N) is 1. The summed E-state index contributed by atoms with van der Waals surface area (Å²) < 4.78 is 38.0. The van der Waals surface area contributed by atoms with Gasteiger partial charge < -0.3 is 15.2 Å². The van der Waals surface area contributed by atoms with Crippen molar-refractivity contribution < 1.29 is 23.0 Å². The fourth-order valence-electron chi connectivity index (χ4n) is 2.81. The molecule has 2 aromatic carbocycles. The van der Waals surface area contributed by atoms with Crippen molar-refractivity contribution in [2.75, 3.05) is 14.2 Å². The molecular weight excluding hydrogens is 368 g/mol. The third-order valence-corrected chi connectivity index (χ3v) is 4.17. The normalized spacial score (nSPS) is 10.6. The SMILES string of the molecule is COc1cc(F)c(Cc2cc(-c3ccc(F)cc3OC)ncn2)cc1C(N)=O. The Balaban J connectivity index is 1.98. The quantitative estimate of drug-likeness (QED) is 0.704. The average molecular weight is 385 g/mol. The molecule has 28 heavy (non-hydrogen) atoms. The predicted octanol–water partition coefficient (Wildman–Crippen LogP) is 3.13. The Bertz CT molecular complexity index is 1040. The minimum Gasteiger partial charge on any atom is -0.496 e. The van der Waals surface area contributed by atoms with Gasteiger partial charge in [0, 0.05) is 29.8 Å². The number of amides is 1. The molecule has 1 heterocycles. The Morgan fingerprint density at radius 3 is 2.46 bits per heavy atom. The van der Waals surface area contributed by atoms with E-state index in [1.807, 2.05) is 0 Å². The third kappa shape index (κ3) is 3.90. The van der Waals surface area contributed by atoms with Crippen molar-refractivity contribution >= 4 is 5.91 Å². The number of carbonyl (C=O) groups is 1. The van der Waals surface area contributed by atoms with E-state index in [1.165, 1.54) is 38.7 Å². The average Bonchev–Trinajstić information content (AvgIpc) is 2.69. The first-order chi connectivity index (χ1) is 13.4. The Morgan fingerprint density at radius 1 is 1.04 bits per heavy atom. The Kier molecular flexibility index (Phi) is 5.49. The van der Waals surface area contributed by atoms with E-state index in [-0.39, 0.29) is 23.3 Å². The molecule has 0 aliphatic carbocycles. The van der Waals surface area contributed by atoms with Gasteiger partial charge in [-0.15, -0.1) is 0 Å². The molecule has 0 unspecified atom stereocenters. The number of primary amides is 1. The summed E-state index contributed by atoms with van der Waals surface area (Å²) in [7, 11) is 2.76. The number of benzene rings is 2. The van der Waals surface area contributed by atoms with Crippen LogP contribution in [0.2, 0.25) is 0 Å². The number of hydrogen-bond donors (Lipinski definition) is 1. The van der Waals surface area contributed by atoms with Crippen molar-refractivity contribution in [3.05, 3.63) is 71.2 Å². The second-order valence-corrected chi connectivity index (χ2v) is 5.92. The van der Waals surface area contributed by atoms with Crippen LogP contribution in [0.15, 0.2) is 42.7 Å². The second kappa shape index (κ2) is 7.99. The Labute approximate surface area is 160 Å². The van der Waals surface area contributed by atoms with Crippen molar-refractivity contribution in [1.82, 2.24) is 9.97 Å². The van der Waals surface area contributed by atoms with Crippen LogP contribution in [0.5, 0.6) is 11.5 Å². The zero-order valence-corrected chi connectivity index (χ0v) is 15.2. The number of methoxy groups -OCH3 is 2. The van der Waals surface area contributed by atoms with Gasteiger partial charge in [0.1, 0.15) is 29.5 Å². The number of aromatic nitrogens is 2. The summed E-state index contributed by atoms with van der Waals surface area (Å²) in [6, 6.07) is 8.18. The zero-order valence-electron chi connectivity index (χ0n) is 15.2. The number of halogens is 2. The van der Waals surface area contributed by atoms with E-state index >= 15 is 0 Å². The minimum absolute atomic E-state index is 0.0631.